The monoisotopic (exact) mass is 439 g/mol. The second-order valence-corrected chi connectivity index (χ2v) is 8.48. The van der Waals surface area contributed by atoms with Crippen molar-refractivity contribution in [3.8, 4) is 5.75 Å². The number of benzene rings is 1. The van der Waals surface area contributed by atoms with Crippen LogP contribution in [0.25, 0.3) is 5.57 Å². The Labute approximate surface area is 177 Å². The third-order valence-electron chi connectivity index (χ3n) is 6.38. The molecule has 3 N–H and O–H groups in total. The van der Waals surface area contributed by atoms with Gasteiger partial charge in [0, 0.05) is 19.6 Å². The van der Waals surface area contributed by atoms with E-state index in [0.29, 0.717) is 31.5 Å². The summed E-state index contributed by atoms with van der Waals surface area (Å²) in [5.41, 5.74) is 3.17. The predicted molar refractivity (Wildman–Crippen MR) is 104 cm³/mol. The van der Waals surface area contributed by atoms with Crippen molar-refractivity contribution in [2.45, 2.75) is 38.1 Å². The van der Waals surface area contributed by atoms with Gasteiger partial charge in [-0.25, -0.2) is 5.48 Å². The number of piperidine rings is 1. The fourth-order valence-corrected chi connectivity index (χ4v) is 4.49. The standard InChI is InChI=1S/C21H24F3N3O4/c22-21(23,24)31-15-3-1-2-14(10-15)13-4-8-27(9-5-13)19(29)17-16(18(28)26-30)11-20(6-7-20)12-25-17/h1-4,10,16-17,25,30H,5-9,11-12H2,(H,26,28)/t16-,17-/m0/s1. The van der Waals surface area contributed by atoms with E-state index in [2.05, 4.69) is 10.1 Å². The normalized spacial score (nSPS) is 25.0. The van der Waals surface area contributed by atoms with Gasteiger partial charge in [0.2, 0.25) is 11.8 Å². The number of carbonyl (C=O) groups excluding carboxylic acids is 2. The van der Waals surface area contributed by atoms with Crippen LogP contribution in [0.15, 0.2) is 30.3 Å². The van der Waals surface area contributed by atoms with Crippen LogP contribution in [0.4, 0.5) is 13.2 Å². The molecule has 1 aliphatic carbocycles. The minimum atomic E-state index is -4.76. The van der Waals surface area contributed by atoms with Gasteiger partial charge >= 0.3 is 6.36 Å². The second kappa shape index (κ2) is 8.16. The van der Waals surface area contributed by atoms with Crippen molar-refractivity contribution >= 4 is 17.4 Å². The first kappa shape index (κ1) is 21.6. The van der Waals surface area contributed by atoms with Crippen molar-refractivity contribution in [2.24, 2.45) is 11.3 Å². The third-order valence-corrected chi connectivity index (χ3v) is 6.38. The first-order valence-corrected chi connectivity index (χ1v) is 10.2. The second-order valence-electron chi connectivity index (χ2n) is 8.48. The van der Waals surface area contributed by atoms with Crippen molar-refractivity contribution in [1.29, 1.82) is 0 Å². The number of carbonyl (C=O) groups is 2. The first-order chi connectivity index (χ1) is 14.7. The lowest BCUT2D eigenvalue weighted by atomic mass is 9.81. The number of nitrogens with zero attached hydrogens (tertiary/aromatic N) is 1. The molecule has 0 bridgehead atoms. The van der Waals surface area contributed by atoms with Gasteiger partial charge in [0.25, 0.3) is 0 Å². The Bertz CT molecular complexity index is 898. The van der Waals surface area contributed by atoms with Crippen molar-refractivity contribution in [2.75, 3.05) is 19.6 Å². The molecule has 2 fully saturated rings. The molecule has 0 radical (unpaired) electrons. The molecule has 31 heavy (non-hydrogen) atoms. The number of ether oxygens (including phenoxy) is 1. The lowest BCUT2D eigenvalue weighted by Crippen LogP contribution is -2.59. The molecular weight excluding hydrogens is 415 g/mol. The molecule has 0 unspecified atom stereocenters. The van der Waals surface area contributed by atoms with E-state index in [9.17, 15) is 22.8 Å². The van der Waals surface area contributed by atoms with Gasteiger partial charge in [0.05, 0.1) is 12.0 Å². The van der Waals surface area contributed by atoms with E-state index in [0.717, 1.165) is 18.4 Å². The quantitative estimate of drug-likeness (QED) is 0.495. The van der Waals surface area contributed by atoms with E-state index in [4.69, 9.17) is 5.21 Å². The van der Waals surface area contributed by atoms with Gasteiger partial charge in [-0.05, 0) is 54.4 Å². The lowest BCUT2D eigenvalue weighted by molar-refractivity contribution is -0.274. The predicted octanol–water partition coefficient (Wildman–Crippen LogP) is 2.46. The molecule has 1 spiro atoms. The summed E-state index contributed by atoms with van der Waals surface area (Å²) in [4.78, 5) is 26.9. The average molecular weight is 439 g/mol. The zero-order valence-corrected chi connectivity index (χ0v) is 16.7. The zero-order chi connectivity index (χ0) is 22.2. The topological polar surface area (TPSA) is 90.9 Å². The van der Waals surface area contributed by atoms with E-state index in [1.165, 1.54) is 18.2 Å². The smallest absolute Gasteiger partial charge is 0.406 e. The van der Waals surface area contributed by atoms with Crippen molar-refractivity contribution in [3.05, 3.63) is 35.9 Å². The van der Waals surface area contributed by atoms with Crippen LogP contribution < -0.4 is 15.5 Å². The van der Waals surface area contributed by atoms with E-state index in [1.54, 1.807) is 22.5 Å². The van der Waals surface area contributed by atoms with Gasteiger partial charge in [-0.15, -0.1) is 13.2 Å². The SMILES string of the molecule is O=C(NO)[C@H]1CC2(CC2)CN[C@@H]1C(=O)N1CC=C(c2cccc(OC(F)(F)F)c2)CC1. The molecule has 4 rings (SSSR count). The van der Waals surface area contributed by atoms with Gasteiger partial charge in [0.15, 0.2) is 0 Å². The largest absolute Gasteiger partial charge is 0.573 e. The summed E-state index contributed by atoms with van der Waals surface area (Å²) in [6.45, 7) is 1.33. The Morgan fingerprint density at radius 1 is 1.29 bits per heavy atom. The van der Waals surface area contributed by atoms with Crippen LogP contribution in [0.2, 0.25) is 0 Å². The fraction of sp³-hybridized carbons (Fsp3) is 0.524. The molecule has 10 heteroatoms. The van der Waals surface area contributed by atoms with Crippen molar-refractivity contribution < 1.29 is 32.7 Å². The zero-order valence-electron chi connectivity index (χ0n) is 16.7. The molecule has 7 nitrogen and oxygen atoms in total. The molecular formula is C21H24F3N3O4. The number of nitrogens with one attached hydrogen (secondary N) is 2. The Morgan fingerprint density at radius 2 is 2.06 bits per heavy atom. The summed E-state index contributed by atoms with van der Waals surface area (Å²) < 4.78 is 41.4. The van der Waals surface area contributed by atoms with Gasteiger partial charge < -0.3 is 15.0 Å². The molecule has 2 atom stereocenters. The van der Waals surface area contributed by atoms with Crippen molar-refractivity contribution in [1.82, 2.24) is 15.7 Å². The van der Waals surface area contributed by atoms with E-state index < -0.39 is 24.2 Å². The summed E-state index contributed by atoms with van der Waals surface area (Å²) in [5.74, 6) is -1.71. The molecule has 168 valence electrons. The van der Waals surface area contributed by atoms with E-state index in [1.807, 2.05) is 0 Å². The molecule has 2 aliphatic heterocycles. The Hall–Kier alpha value is -2.59. The number of rotatable bonds is 4. The minimum absolute atomic E-state index is 0.0480. The van der Waals surface area contributed by atoms with Crippen LogP contribution in [0.1, 0.15) is 31.2 Å². The molecule has 2 amide bonds. The molecule has 1 saturated carbocycles. The van der Waals surface area contributed by atoms with Crippen LogP contribution in [0, 0.1) is 11.3 Å². The average Bonchev–Trinajstić information content (AvgIpc) is 3.50. The van der Waals surface area contributed by atoms with Gasteiger partial charge in [0.1, 0.15) is 5.75 Å². The highest BCUT2D eigenvalue weighted by Gasteiger charge is 2.52. The van der Waals surface area contributed by atoms with Crippen LogP contribution in [-0.4, -0.2) is 54.0 Å². The van der Waals surface area contributed by atoms with Crippen molar-refractivity contribution in [3.63, 3.8) is 0 Å². The van der Waals surface area contributed by atoms with E-state index in [-0.39, 0.29) is 23.6 Å². The summed E-state index contributed by atoms with van der Waals surface area (Å²) >= 11 is 0. The summed E-state index contributed by atoms with van der Waals surface area (Å²) in [5, 5.41) is 12.3. The fourth-order valence-electron chi connectivity index (χ4n) is 4.49. The maximum Gasteiger partial charge on any atom is 0.573 e. The molecule has 3 aliphatic rings. The summed E-state index contributed by atoms with van der Waals surface area (Å²) in [6.07, 6.45) is 0.0806. The number of alkyl halides is 3. The van der Waals surface area contributed by atoms with Gasteiger partial charge in [-0.1, -0.05) is 18.2 Å². The number of hydrogen-bond donors (Lipinski definition) is 3. The number of hydrogen-bond acceptors (Lipinski definition) is 5. The molecule has 2 heterocycles. The van der Waals surface area contributed by atoms with Crippen LogP contribution in [-0.2, 0) is 9.59 Å². The third kappa shape index (κ3) is 4.85. The van der Waals surface area contributed by atoms with E-state index >= 15 is 0 Å². The lowest BCUT2D eigenvalue weighted by Gasteiger charge is -2.38. The maximum atomic E-state index is 13.1. The van der Waals surface area contributed by atoms with Crippen LogP contribution in [0.5, 0.6) is 5.75 Å². The van der Waals surface area contributed by atoms with Crippen LogP contribution in [0.3, 0.4) is 0 Å². The van der Waals surface area contributed by atoms with Crippen LogP contribution >= 0.6 is 0 Å². The number of halogens is 3. The Balaban J connectivity index is 1.43. The Kier molecular flexibility index (Phi) is 5.69. The highest BCUT2D eigenvalue weighted by Crippen LogP contribution is 2.52. The number of amides is 2. The summed E-state index contributed by atoms with van der Waals surface area (Å²) in [7, 11) is 0. The van der Waals surface area contributed by atoms with Gasteiger partial charge in [-0.2, -0.15) is 0 Å². The first-order valence-electron chi connectivity index (χ1n) is 10.2. The molecule has 1 aromatic rings. The summed E-state index contributed by atoms with van der Waals surface area (Å²) in [6, 6.07) is 5.05. The maximum absolute atomic E-state index is 13.1. The van der Waals surface area contributed by atoms with Gasteiger partial charge in [-0.3, -0.25) is 14.8 Å². The highest BCUT2D eigenvalue weighted by molar-refractivity contribution is 5.90. The molecule has 0 aromatic heterocycles. The Morgan fingerprint density at radius 3 is 2.68 bits per heavy atom. The molecule has 1 saturated heterocycles. The molecule has 1 aromatic carbocycles. The highest BCUT2D eigenvalue weighted by atomic mass is 19.4. The number of hydroxylamine groups is 1. The minimum Gasteiger partial charge on any atom is -0.406 e.